The van der Waals surface area contributed by atoms with E-state index in [1.165, 1.54) is 24.3 Å². The van der Waals surface area contributed by atoms with Crippen LogP contribution in [0.1, 0.15) is 5.69 Å². The second-order valence-electron chi connectivity index (χ2n) is 5.01. The third-order valence-corrected chi connectivity index (χ3v) is 3.61. The van der Waals surface area contributed by atoms with Crippen molar-refractivity contribution in [3.8, 4) is 16.8 Å². The number of aromatic nitrogens is 2. The molecule has 2 N–H and O–H groups in total. The Bertz CT molecular complexity index is 885. The first-order chi connectivity index (χ1) is 11.3. The van der Waals surface area contributed by atoms with Crippen molar-refractivity contribution in [2.75, 3.05) is 5.73 Å². The lowest BCUT2D eigenvalue weighted by molar-refractivity contribution is -0.140. The van der Waals surface area contributed by atoms with Gasteiger partial charge in [0.25, 0.3) is 0 Å². The van der Waals surface area contributed by atoms with Crippen LogP contribution in [0.5, 0.6) is 0 Å². The summed E-state index contributed by atoms with van der Waals surface area (Å²) in [6.07, 6.45) is -4.72. The second kappa shape index (κ2) is 5.83. The Hall–Kier alpha value is -2.54. The topological polar surface area (TPSA) is 43.8 Å². The van der Waals surface area contributed by atoms with Gasteiger partial charge in [-0.3, -0.25) is 0 Å². The van der Waals surface area contributed by atoms with Crippen molar-refractivity contribution in [1.29, 1.82) is 0 Å². The molecule has 0 saturated carbocycles. The fraction of sp³-hybridized carbons (Fsp3) is 0.0625. The SMILES string of the molecule is Nc1c(-c2ccc(F)cc2)c(C(F)(F)F)nn1-c1cccc(Cl)c1. The Balaban J connectivity index is 2.26. The summed E-state index contributed by atoms with van der Waals surface area (Å²) in [5.41, 5.74) is 4.88. The van der Waals surface area contributed by atoms with Gasteiger partial charge in [0, 0.05) is 5.02 Å². The molecule has 3 nitrogen and oxygen atoms in total. The molecule has 1 heterocycles. The molecule has 0 aliphatic carbocycles. The average molecular weight is 356 g/mol. The second-order valence-corrected chi connectivity index (χ2v) is 5.44. The summed E-state index contributed by atoms with van der Waals surface area (Å²) >= 11 is 5.87. The molecule has 0 spiro atoms. The van der Waals surface area contributed by atoms with Crippen LogP contribution in [0.15, 0.2) is 48.5 Å². The third kappa shape index (κ3) is 2.94. The van der Waals surface area contributed by atoms with E-state index < -0.39 is 17.7 Å². The standard InChI is InChI=1S/C16H10ClF4N3/c17-10-2-1-3-12(8-10)24-15(22)13(14(23-24)16(19,20)21)9-4-6-11(18)7-5-9/h1-8H,22H2. The molecule has 3 aromatic rings. The Labute approximate surface area is 139 Å². The zero-order chi connectivity index (χ0) is 17.5. The fourth-order valence-electron chi connectivity index (χ4n) is 2.34. The van der Waals surface area contributed by atoms with Crippen LogP contribution < -0.4 is 5.73 Å². The van der Waals surface area contributed by atoms with Gasteiger partial charge in [0.15, 0.2) is 5.69 Å². The largest absolute Gasteiger partial charge is 0.435 e. The molecule has 0 aliphatic heterocycles. The van der Waals surface area contributed by atoms with Crippen molar-refractivity contribution in [2.24, 2.45) is 0 Å². The molecule has 0 bridgehead atoms. The van der Waals surface area contributed by atoms with Crippen molar-refractivity contribution in [1.82, 2.24) is 9.78 Å². The van der Waals surface area contributed by atoms with Crippen molar-refractivity contribution in [3.63, 3.8) is 0 Å². The molecule has 0 saturated heterocycles. The Morgan fingerprint density at radius 3 is 2.29 bits per heavy atom. The Morgan fingerprint density at radius 1 is 1.04 bits per heavy atom. The molecule has 0 radical (unpaired) electrons. The van der Waals surface area contributed by atoms with Gasteiger partial charge >= 0.3 is 6.18 Å². The molecule has 124 valence electrons. The van der Waals surface area contributed by atoms with E-state index in [0.717, 1.165) is 16.8 Å². The summed E-state index contributed by atoms with van der Waals surface area (Å²) < 4.78 is 54.1. The summed E-state index contributed by atoms with van der Waals surface area (Å²) in [6.45, 7) is 0. The van der Waals surface area contributed by atoms with Crippen LogP contribution in [0.4, 0.5) is 23.4 Å². The van der Waals surface area contributed by atoms with Crippen LogP contribution in [0.3, 0.4) is 0 Å². The molecule has 0 atom stereocenters. The number of nitrogens with zero attached hydrogens (tertiary/aromatic N) is 2. The van der Waals surface area contributed by atoms with Crippen LogP contribution in [-0.4, -0.2) is 9.78 Å². The molecule has 0 fully saturated rings. The third-order valence-electron chi connectivity index (χ3n) is 3.38. The summed E-state index contributed by atoms with van der Waals surface area (Å²) in [4.78, 5) is 0. The number of hydrogen-bond acceptors (Lipinski definition) is 2. The van der Waals surface area contributed by atoms with Crippen LogP contribution in [0, 0.1) is 5.82 Å². The quantitative estimate of drug-likeness (QED) is 0.662. The van der Waals surface area contributed by atoms with Crippen molar-refractivity contribution in [3.05, 3.63) is 65.1 Å². The fourth-order valence-corrected chi connectivity index (χ4v) is 2.52. The van der Waals surface area contributed by atoms with Gasteiger partial charge in [-0.15, -0.1) is 0 Å². The normalized spacial score (nSPS) is 11.7. The Morgan fingerprint density at radius 2 is 1.71 bits per heavy atom. The minimum Gasteiger partial charge on any atom is -0.383 e. The number of benzene rings is 2. The predicted molar refractivity (Wildman–Crippen MR) is 83.4 cm³/mol. The first-order valence-corrected chi connectivity index (χ1v) is 7.13. The van der Waals surface area contributed by atoms with Crippen LogP contribution in [0.25, 0.3) is 16.8 Å². The molecule has 0 amide bonds. The minimum absolute atomic E-state index is 0.120. The van der Waals surface area contributed by atoms with E-state index in [-0.39, 0.29) is 16.9 Å². The van der Waals surface area contributed by atoms with E-state index >= 15 is 0 Å². The van der Waals surface area contributed by atoms with Gasteiger partial charge in [-0.25, -0.2) is 9.07 Å². The predicted octanol–water partition coefficient (Wildman–Crippen LogP) is 4.93. The highest BCUT2D eigenvalue weighted by Gasteiger charge is 2.39. The number of alkyl halides is 3. The lowest BCUT2D eigenvalue weighted by atomic mass is 10.1. The number of nitrogen functional groups attached to an aromatic ring is 1. The van der Waals surface area contributed by atoms with E-state index in [1.54, 1.807) is 12.1 Å². The highest BCUT2D eigenvalue weighted by atomic mass is 35.5. The van der Waals surface area contributed by atoms with Crippen molar-refractivity contribution >= 4 is 17.4 Å². The molecule has 24 heavy (non-hydrogen) atoms. The smallest absolute Gasteiger partial charge is 0.383 e. The molecule has 0 unspecified atom stereocenters. The Kier molecular flexibility index (Phi) is 3.96. The highest BCUT2D eigenvalue weighted by Crippen LogP contribution is 2.40. The van der Waals surface area contributed by atoms with Gasteiger partial charge in [-0.1, -0.05) is 29.8 Å². The van der Waals surface area contributed by atoms with Gasteiger partial charge < -0.3 is 5.73 Å². The molecule has 2 aromatic carbocycles. The van der Waals surface area contributed by atoms with Crippen LogP contribution in [0.2, 0.25) is 5.02 Å². The maximum atomic E-state index is 13.4. The molecular weight excluding hydrogens is 346 g/mol. The van der Waals surface area contributed by atoms with Crippen molar-refractivity contribution < 1.29 is 17.6 Å². The summed E-state index contributed by atoms with van der Waals surface area (Å²) in [7, 11) is 0. The highest BCUT2D eigenvalue weighted by molar-refractivity contribution is 6.30. The minimum atomic E-state index is -4.72. The van der Waals surface area contributed by atoms with E-state index in [9.17, 15) is 17.6 Å². The molecule has 3 rings (SSSR count). The van der Waals surface area contributed by atoms with Gasteiger partial charge in [-0.2, -0.15) is 18.3 Å². The summed E-state index contributed by atoms with van der Waals surface area (Å²) in [5, 5.41) is 3.94. The van der Waals surface area contributed by atoms with Crippen molar-refractivity contribution in [2.45, 2.75) is 6.18 Å². The van der Waals surface area contributed by atoms with Gasteiger partial charge in [0.1, 0.15) is 11.6 Å². The van der Waals surface area contributed by atoms with Gasteiger partial charge in [0.05, 0.1) is 11.3 Å². The number of hydrogen-bond donors (Lipinski definition) is 1. The van der Waals surface area contributed by atoms with Gasteiger partial charge in [-0.05, 0) is 35.9 Å². The van der Waals surface area contributed by atoms with Gasteiger partial charge in [0.2, 0.25) is 0 Å². The zero-order valence-corrected chi connectivity index (χ0v) is 12.7. The van der Waals surface area contributed by atoms with E-state index in [1.807, 2.05) is 0 Å². The number of nitrogens with two attached hydrogens (primary N) is 1. The van der Waals surface area contributed by atoms with Crippen LogP contribution in [-0.2, 0) is 6.18 Å². The molecule has 8 heteroatoms. The first-order valence-electron chi connectivity index (χ1n) is 6.75. The molecule has 1 aromatic heterocycles. The zero-order valence-electron chi connectivity index (χ0n) is 12.0. The average Bonchev–Trinajstić information content (AvgIpc) is 2.86. The van der Waals surface area contributed by atoms with E-state index in [2.05, 4.69) is 5.10 Å². The summed E-state index contributed by atoms with van der Waals surface area (Å²) in [6, 6.07) is 10.7. The molecule has 0 aliphatic rings. The lowest BCUT2D eigenvalue weighted by Crippen LogP contribution is -2.08. The maximum Gasteiger partial charge on any atom is 0.435 e. The van der Waals surface area contributed by atoms with Crippen LogP contribution >= 0.6 is 11.6 Å². The monoisotopic (exact) mass is 355 g/mol. The maximum absolute atomic E-state index is 13.4. The summed E-state index contributed by atoms with van der Waals surface area (Å²) in [5.74, 6) is -0.774. The number of rotatable bonds is 2. The van der Waals surface area contributed by atoms with E-state index in [0.29, 0.717) is 10.7 Å². The number of anilines is 1. The molecular formula is C16H10ClF4N3. The first kappa shape index (κ1) is 16.3. The number of halogens is 5. The van der Waals surface area contributed by atoms with E-state index in [4.69, 9.17) is 17.3 Å². The lowest BCUT2D eigenvalue weighted by Gasteiger charge is -2.07.